The van der Waals surface area contributed by atoms with Crippen molar-refractivity contribution in [3.63, 3.8) is 0 Å². The standard InChI is InChI=1S/C9H7ClN2S.ClH.3H2O/c10-6-2-1-3-7-5(6)4-8(13-7)9(11)12;;;;/h1-4H,(H3,11,12);1H;3*1H2. The maximum Gasteiger partial charge on any atom is 0.133 e. The number of fused-ring (bicyclic) bond motifs is 1. The van der Waals surface area contributed by atoms with Gasteiger partial charge in [-0.15, -0.1) is 23.7 Å². The normalized spacial score (nSPS) is 8.06. The minimum absolute atomic E-state index is 0. The minimum atomic E-state index is 0. The van der Waals surface area contributed by atoms with Crippen molar-refractivity contribution in [2.24, 2.45) is 5.73 Å². The molecule has 2 rings (SSSR count). The minimum Gasteiger partial charge on any atom is -0.412 e. The third-order valence-corrected chi connectivity index (χ3v) is 3.24. The first-order chi connectivity index (χ1) is 6.18. The molecule has 0 fully saturated rings. The fourth-order valence-electron chi connectivity index (χ4n) is 1.16. The highest BCUT2D eigenvalue weighted by Crippen LogP contribution is 2.30. The summed E-state index contributed by atoms with van der Waals surface area (Å²) in [6, 6.07) is 7.55. The van der Waals surface area contributed by atoms with Gasteiger partial charge in [-0.1, -0.05) is 17.7 Å². The molecule has 0 spiro atoms. The molecule has 1 heterocycles. The third kappa shape index (κ3) is 4.12. The molecule has 0 aliphatic carbocycles. The highest BCUT2D eigenvalue weighted by Gasteiger charge is 2.05. The van der Waals surface area contributed by atoms with Crippen molar-refractivity contribution in [1.82, 2.24) is 0 Å². The van der Waals surface area contributed by atoms with Crippen molar-refractivity contribution < 1.29 is 16.4 Å². The van der Waals surface area contributed by atoms with Crippen LogP contribution in [0.3, 0.4) is 0 Å². The molecule has 0 atom stereocenters. The molecule has 1 aromatic carbocycles. The quantitative estimate of drug-likeness (QED) is 0.582. The van der Waals surface area contributed by atoms with Crippen LogP contribution in [0, 0.1) is 5.41 Å². The van der Waals surface area contributed by atoms with Crippen molar-refractivity contribution in [2.75, 3.05) is 0 Å². The summed E-state index contributed by atoms with van der Waals surface area (Å²) >= 11 is 7.46. The Morgan fingerprint density at radius 3 is 2.29 bits per heavy atom. The molecular weight excluding hydrogens is 287 g/mol. The molecule has 0 radical (unpaired) electrons. The summed E-state index contributed by atoms with van der Waals surface area (Å²) in [7, 11) is 0. The SMILES string of the molecule is Cl.N=C(N)c1cc2c(Cl)cccc2s1.O.O.O. The Kier molecular flexibility index (Phi) is 10.4. The van der Waals surface area contributed by atoms with Crippen molar-refractivity contribution in [2.45, 2.75) is 0 Å². The Balaban J connectivity index is -0.000000490. The Labute approximate surface area is 113 Å². The number of hydrogen-bond donors (Lipinski definition) is 2. The van der Waals surface area contributed by atoms with Gasteiger partial charge in [-0.05, 0) is 18.2 Å². The second kappa shape index (κ2) is 8.24. The van der Waals surface area contributed by atoms with Gasteiger partial charge in [0.2, 0.25) is 0 Å². The van der Waals surface area contributed by atoms with E-state index in [4.69, 9.17) is 22.7 Å². The number of halogens is 2. The first kappa shape index (κ1) is 21.4. The van der Waals surface area contributed by atoms with Gasteiger partial charge in [0.05, 0.1) is 4.88 Å². The van der Waals surface area contributed by atoms with E-state index in [9.17, 15) is 0 Å². The molecule has 0 saturated heterocycles. The van der Waals surface area contributed by atoms with Crippen LogP contribution in [0.2, 0.25) is 5.02 Å². The Bertz CT molecular complexity index is 490. The van der Waals surface area contributed by atoms with Gasteiger partial charge < -0.3 is 22.2 Å². The summed E-state index contributed by atoms with van der Waals surface area (Å²) in [5.41, 5.74) is 5.38. The topological polar surface area (TPSA) is 144 Å². The molecule has 0 aliphatic rings. The number of nitrogen functional groups attached to an aromatic ring is 1. The molecule has 2 aromatic rings. The molecule has 0 saturated carbocycles. The van der Waals surface area contributed by atoms with Gasteiger partial charge in [-0.25, -0.2) is 0 Å². The van der Waals surface area contributed by atoms with E-state index in [2.05, 4.69) is 0 Å². The number of rotatable bonds is 1. The fraction of sp³-hybridized carbons (Fsp3) is 0. The smallest absolute Gasteiger partial charge is 0.133 e. The molecule has 8 heteroatoms. The number of nitrogens with one attached hydrogen (secondary N) is 1. The lowest BCUT2D eigenvalue weighted by Crippen LogP contribution is -2.08. The molecule has 5 nitrogen and oxygen atoms in total. The van der Waals surface area contributed by atoms with Gasteiger partial charge in [0.15, 0.2) is 0 Å². The summed E-state index contributed by atoms with van der Waals surface area (Å²) in [5, 5.41) is 8.96. The van der Waals surface area contributed by atoms with Crippen molar-refractivity contribution in [3.05, 3.63) is 34.2 Å². The van der Waals surface area contributed by atoms with E-state index in [0.29, 0.717) is 5.02 Å². The second-order valence-corrected chi connectivity index (χ2v) is 4.17. The van der Waals surface area contributed by atoms with E-state index in [1.807, 2.05) is 24.3 Å². The number of amidine groups is 1. The summed E-state index contributed by atoms with van der Waals surface area (Å²) in [6.45, 7) is 0. The van der Waals surface area contributed by atoms with Crippen LogP contribution in [0.5, 0.6) is 0 Å². The Hall–Kier alpha value is -0.890. The summed E-state index contributed by atoms with van der Waals surface area (Å²) in [4.78, 5) is 0.767. The molecule has 0 unspecified atom stereocenters. The van der Waals surface area contributed by atoms with Crippen LogP contribution in [0.15, 0.2) is 24.3 Å². The van der Waals surface area contributed by atoms with Crippen molar-refractivity contribution in [3.8, 4) is 0 Å². The number of benzene rings is 1. The lowest BCUT2D eigenvalue weighted by molar-refractivity contribution is 0.823. The zero-order valence-electron chi connectivity index (χ0n) is 8.58. The zero-order chi connectivity index (χ0) is 9.42. The van der Waals surface area contributed by atoms with Gasteiger partial charge in [0, 0.05) is 15.1 Å². The average molecular weight is 301 g/mol. The zero-order valence-corrected chi connectivity index (χ0v) is 11.0. The van der Waals surface area contributed by atoms with Gasteiger partial charge in [0.25, 0.3) is 0 Å². The van der Waals surface area contributed by atoms with Crippen LogP contribution < -0.4 is 5.73 Å². The lowest BCUT2D eigenvalue weighted by atomic mass is 10.2. The summed E-state index contributed by atoms with van der Waals surface area (Å²) < 4.78 is 1.07. The van der Waals surface area contributed by atoms with Crippen LogP contribution in [0.1, 0.15) is 4.88 Å². The van der Waals surface area contributed by atoms with Gasteiger partial charge in [-0.2, -0.15) is 0 Å². The number of thiophene rings is 1. The molecule has 0 bridgehead atoms. The fourth-order valence-corrected chi connectivity index (χ4v) is 2.39. The Morgan fingerprint density at radius 2 is 1.82 bits per heavy atom. The molecular formula is C9H14Cl2N2O3S. The summed E-state index contributed by atoms with van der Waals surface area (Å²) in [5.74, 6) is 0.0947. The lowest BCUT2D eigenvalue weighted by Gasteiger charge is -1.89. The van der Waals surface area contributed by atoms with E-state index in [1.54, 1.807) is 0 Å². The molecule has 17 heavy (non-hydrogen) atoms. The highest BCUT2D eigenvalue weighted by molar-refractivity contribution is 7.20. The molecule has 1 aromatic heterocycles. The van der Waals surface area contributed by atoms with Gasteiger partial charge in [-0.3, -0.25) is 5.41 Å². The van der Waals surface area contributed by atoms with Crippen LogP contribution in [0.25, 0.3) is 10.1 Å². The highest BCUT2D eigenvalue weighted by atomic mass is 35.5. The van der Waals surface area contributed by atoms with Crippen LogP contribution in [0.4, 0.5) is 0 Å². The summed E-state index contributed by atoms with van der Waals surface area (Å²) in [6.07, 6.45) is 0. The number of hydrogen-bond acceptors (Lipinski definition) is 2. The molecule has 0 aliphatic heterocycles. The second-order valence-electron chi connectivity index (χ2n) is 2.68. The van der Waals surface area contributed by atoms with Crippen molar-refractivity contribution in [1.29, 1.82) is 5.41 Å². The third-order valence-electron chi connectivity index (χ3n) is 1.77. The van der Waals surface area contributed by atoms with E-state index in [1.165, 1.54) is 11.3 Å². The van der Waals surface area contributed by atoms with Gasteiger partial charge in [0.1, 0.15) is 5.84 Å². The molecule has 98 valence electrons. The van der Waals surface area contributed by atoms with E-state index in [-0.39, 0.29) is 34.7 Å². The first-order valence-corrected chi connectivity index (χ1v) is 4.90. The molecule has 9 N–H and O–H groups in total. The van der Waals surface area contributed by atoms with Crippen molar-refractivity contribution >= 4 is 51.3 Å². The van der Waals surface area contributed by atoms with Crippen LogP contribution in [-0.4, -0.2) is 22.3 Å². The maximum atomic E-state index is 7.28. The predicted octanol–water partition coefficient (Wildman–Crippen LogP) is 0.786. The van der Waals surface area contributed by atoms with E-state index >= 15 is 0 Å². The molecule has 0 amide bonds. The monoisotopic (exact) mass is 300 g/mol. The van der Waals surface area contributed by atoms with E-state index < -0.39 is 0 Å². The average Bonchev–Trinajstić information content (AvgIpc) is 2.49. The largest absolute Gasteiger partial charge is 0.412 e. The predicted molar refractivity (Wildman–Crippen MR) is 75.9 cm³/mol. The van der Waals surface area contributed by atoms with E-state index in [0.717, 1.165) is 15.0 Å². The first-order valence-electron chi connectivity index (χ1n) is 3.71. The Morgan fingerprint density at radius 1 is 1.24 bits per heavy atom. The van der Waals surface area contributed by atoms with Crippen LogP contribution in [-0.2, 0) is 0 Å². The maximum absolute atomic E-state index is 7.28. The van der Waals surface area contributed by atoms with Crippen LogP contribution >= 0.6 is 35.3 Å². The number of nitrogens with two attached hydrogens (primary N) is 1. The van der Waals surface area contributed by atoms with Gasteiger partial charge >= 0.3 is 0 Å².